The van der Waals surface area contributed by atoms with Crippen LogP contribution in [0.2, 0.25) is 5.02 Å². The van der Waals surface area contributed by atoms with Crippen LogP contribution in [0.25, 0.3) is 0 Å². The number of benzene rings is 1. The van der Waals surface area contributed by atoms with E-state index < -0.39 is 0 Å². The van der Waals surface area contributed by atoms with Crippen LogP contribution in [0.5, 0.6) is 5.75 Å². The predicted molar refractivity (Wildman–Crippen MR) is 68.7 cm³/mol. The molecular formula is C13H16ClNO3. The van der Waals surface area contributed by atoms with Crippen LogP contribution in [0, 0.1) is 5.41 Å². The third-order valence-electron chi connectivity index (χ3n) is 3.14. The summed E-state index contributed by atoms with van der Waals surface area (Å²) in [5, 5.41) is 12.5. The van der Waals surface area contributed by atoms with Crippen LogP contribution in [0.3, 0.4) is 0 Å². The van der Waals surface area contributed by atoms with E-state index in [1.54, 1.807) is 24.3 Å². The van der Waals surface area contributed by atoms with Crippen LogP contribution in [-0.4, -0.2) is 30.8 Å². The molecule has 2 N–H and O–H groups in total. The van der Waals surface area contributed by atoms with E-state index in [1.165, 1.54) is 0 Å². The van der Waals surface area contributed by atoms with E-state index in [1.807, 2.05) is 0 Å². The zero-order valence-electron chi connectivity index (χ0n) is 9.99. The molecule has 1 amide bonds. The Balaban J connectivity index is 1.70. The number of hydrogen-bond donors (Lipinski definition) is 2. The first kappa shape index (κ1) is 13.2. The van der Waals surface area contributed by atoms with Crippen molar-refractivity contribution in [3.8, 4) is 5.75 Å². The fourth-order valence-corrected chi connectivity index (χ4v) is 1.71. The maximum absolute atomic E-state index is 11.5. The Bertz CT molecular complexity index is 415. The van der Waals surface area contributed by atoms with Gasteiger partial charge in [0, 0.05) is 17.0 Å². The minimum Gasteiger partial charge on any atom is -0.484 e. The number of aliphatic hydroxyl groups is 1. The van der Waals surface area contributed by atoms with Gasteiger partial charge in [0.2, 0.25) is 0 Å². The summed E-state index contributed by atoms with van der Waals surface area (Å²) in [6.45, 7) is 0.626. The summed E-state index contributed by atoms with van der Waals surface area (Å²) in [6.07, 6.45) is 1.95. The molecule has 1 aliphatic carbocycles. The molecule has 0 unspecified atom stereocenters. The Kier molecular flexibility index (Phi) is 4.09. The normalized spacial score (nSPS) is 16.1. The van der Waals surface area contributed by atoms with Gasteiger partial charge in [0.05, 0.1) is 6.61 Å². The summed E-state index contributed by atoms with van der Waals surface area (Å²) in [5.74, 6) is 0.433. The Labute approximate surface area is 111 Å². The summed E-state index contributed by atoms with van der Waals surface area (Å²) in [5.41, 5.74) is -0.0735. The molecule has 1 aromatic rings. The number of nitrogens with one attached hydrogen (secondary N) is 1. The van der Waals surface area contributed by atoms with Gasteiger partial charge in [-0.2, -0.15) is 0 Å². The minimum atomic E-state index is -0.176. The second-order valence-corrected chi connectivity index (χ2v) is 5.11. The Morgan fingerprint density at radius 2 is 2.06 bits per heavy atom. The van der Waals surface area contributed by atoms with Crippen LogP contribution in [0.15, 0.2) is 24.3 Å². The van der Waals surface area contributed by atoms with E-state index in [4.69, 9.17) is 21.4 Å². The van der Waals surface area contributed by atoms with E-state index in [2.05, 4.69) is 5.32 Å². The molecule has 5 heteroatoms. The highest BCUT2D eigenvalue weighted by Crippen LogP contribution is 2.44. The Morgan fingerprint density at radius 3 is 2.61 bits per heavy atom. The van der Waals surface area contributed by atoms with Crippen LogP contribution in [0.1, 0.15) is 12.8 Å². The van der Waals surface area contributed by atoms with E-state index in [-0.39, 0.29) is 24.5 Å². The highest BCUT2D eigenvalue weighted by molar-refractivity contribution is 6.30. The maximum atomic E-state index is 11.5. The molecule has 0 bridgehead atoms. The molecule has 0 saturated heterocycles. The van der Waals surface area contributed by atoms with Crippen LogP contribution in [-0.2, 0) is 4.79 Å². The molecule has 0 atom stereocenters. The third kappa shape index (κ3) is 3.62. The number of halogens is 1. The first-order chi connectivity index (χ1) is 8.63. The maximum Gasteiger partial charge on any atom is 0.257 e. The van der Waals surface area contributed by atoms with Crippen LogP contribution in [0.4, 0.5) is 0 Å². The van der Waals surface area contributed by atoms with Crippen molar-refractivity contribution >= 4 is 17.5 Å². The number of carbonyl (C=O) groups is 1. The summed E-state index contributed by atoms with van der Waals surface area (Å²) in [7, 11) is 0. The second kappa shape index (κ2) is 5.59. The number of aliphatic hydroxyl groups excluding tert-OH is 1. The smallest absolute Gasteiger partial charge is 0.257 e. The van der Waals surface area contributed by atoms with Crippen molar-refractivity contribution in [2.45, 2.75) is 12.8 Å². The lowest BCUT2D eigenvalue weighted by Crippen LogP contribution is -2.35. The number of carbonyl (C=O) groups excluding carboxylic acids is 1. The lowest BCUT2D eigenvalue weighted by molar-refractivity contribution is -0.123. The minimum absolute atomic E-state index is 0.0247. The van der Waals surface area contributed by atoms with Crippen molar-refractivity contribution in [2.24, 2.45) is 5.41 Å². The third-order valence-corrected chi connectivity index (χ3v) is 3.39. The zero-order valence-corrected chi connectivity index (χ0v) is 10.7. The average molecular weight is 270 g/mol. The lowest BCUT2D eigenvalue weighted by atomic mass is 10.1. The molecule has 18 heavy (non-hydrogen) atoms. The monoisotopic (exact) mass is 269 g/mol. The molecule has 1 fully saturated rings. The van der Waals surface area contributed by atoms with Gasteiger partial charge in [-0.15, -0.1) is 0 Å². The molecule has 0 spiro atoms. The van der Waals surface area contributed by atoms with Crippen molar-refractivity contribution in [3.05, 3.63) is 29.3 Å². The predicted octanol–water partition coefficient (Wildman–Crippen LogP) is 1.61. The topological polar surface area (TPSA) is 58.6 Å². The molecule has 0 aromatic heterocycles. The van der Waals surface area contributed by atoms with Gasteiger partial charge >= 0.3 is 0 Å². The van der Waals surface area contributed by atoms with Gasteiger partial charge in [0.1, 0.15) is 5.75 Å². The van der Waals surface area contributed by atoms with Crippen LogP contribution < -0.4 is 10.1 Å². The summed E-state index contributed by atoms with van der Waals surface area (Å²) in [6, 6.07) is 6.84. The fourth-order valence-electron chi connectivity index (χ4n) is 1.58. The van der Waals surface area contributed by atoms with Gasteiger partial charge in [-0.1, -0.05) is 11.6 Å². The molecule has 1 saturated carbocycles. The van der Waals surface area contributed by atoms with Gasteiger partial charge in [-0.05, 0) is 37.1 Å². The number of hydrogen-bond acceptors (Lipinski definition) is 3. The molecule has 0 radical (unpaired) electrons. The first-order valence-corrected chi connectivity index (χ1v) is 6.27. The standard InChI is InChI=1S/C13H16ClNO3/c14-10-1-3-11(4-2-10)18-7-12(17)15-8-13(9-16)5-6-13/h1-4,16H,5-9H2,(H,15,17). The average Bonchev–Trinajstić information content (AvgIpc) is 3.16. The molecule has 0 heterocycles. The summed E-state index contributed by atoms with van der Waals surface area (Å²) >= 11 is 5.74. The molecular weight excluding hydrogens is 254 g/mol. The van der Waals surface area contributed by atoms with Gasteiger partial charge in [0.15, 0.2) is 6.61 Å². The van der Waals surface area contributed by atoms with E-state index in [9.17, 15) is 4.79 Å². The Hall–Kier alpha value is -1.26. The molecule has 2 rings (SSSR count). The summed E-state index contributed by atoms with van der Waals surface area (Å²) < 4.78 is 5.31. The largest absolute Gasteiger partial charge is 0.484 e. The quantitative estimate of drug-likeness (QED) is 0.825. The van der Waals surface area contributed by atoms with Gasteiger partial charge in [-0.25, -0.2) is 0 Å². The summed E-state index contributed by atoms with van der Waals surface area (Å²) in [4.78, 5) is 11.5. The SMILES string of the molecule is O=C(COc1ccc(Cl)cc1)NCC1(CO)CC1. The molecule has 1 aliphatic rings. The van der Waals surface area contributed by atoms with Crippen molar-refractivity contribution in [2.75, 3.05) is 19.8 Å². The van der Waals surface area contributed by atoms with Crippen molar-refractivity contribution < 1.29 is 14.6 Å². The lowest BCUT2D eigenvalue weighted by Gasteiger charge is -2.13. The molecule has 1 aromatic carbocycles. The first-order valence-electron chi connectivity index (χ1n) is 5.89. The van der Waals surface area contributed by atoms with Crippen molar-refractivity contribution in [1.82, 2.24) is 5.32 Å². The van der Waals surface area contributed by atoms with Gasteiger partial charge < -0.3 is 15.2 Å². The van der Waals surface area contributed by atoms with Crippen molar-refractivity contribution in [3.63, 3.8) is 0 Å². The Morgan fingerprint density at radius 1 is 1.39 bits per heavy atom. The molecule has 98 valence electrons. The van der Waals surface area contributed by atoms with E-state index >= 15 is 0 Å². The molecule has 4 nitrogen and oxygen atoms in total. The van der Waals surface area contributed by atoms with E-state index in [0.29, 0.717) is 17.3 Å². The van der Waals surface area contributed by atoms with Crippen molar-refractivity contribution in [1.29, 1.82) is 0 Å². The van der Waals surface area contributed by atoms with Gasteiger partial charge in [-0.3, -0.25) is 4.79 Å². The highest BCUT2D eigenvalue weighted by Gasteiger charge is 2.41. The van der Waals surface area contributed by atoms with E-state index in [0.717, 1.165) is 12.8 Å². The van der Waals surface area contributed by atoms with Crippen LogP contribution >= 0.6 is 11.6 Å². The second-order valence-electron chi connectivity index (χ2n) is 4.68. The molecule has 0 aliphatic heterocycles. The van der Waals surface area contributed by atoms with Gasteiger partial charge in [0.25, 0.3) is 5.91 Å². The number of amides is 1. The number of rotatable bonds is 6. The highest BCUT2D eigenvalue weighted by atomic mass is 35.5. The zero-order chi connectivity index (χ0) is 13.0. The fraction of sp³-hybridized carbons (Fsp3) is 0.462. The number of ether oxygens (including phenoxy) is 1.